The molecule has 40 heavy (non-hydrogen) atoms. The lowest BCUT2D eigenvalue weighted by atomic mass is 10.1. The molecule has 0 saturated heterocycles. The normalized spacial score (nSPS) is 13.1. The monoisotopic (exact) mass is 560 g/mol. The molecule has 0 bridgehead atoms. The first kappa shape index (κ1) is 30.6. The van der Waals surface area contributed by atoms with Crippen LogP contribution >= 0.6 is 0 Å². The summed E-state index contributed by atoms with van der Waals surface area (Å²) in [6.07, 6.45) is 5.02. The molecule has 2 amide bonds. The van der Waals surface area contributed by atoms with Crippen LogP contribution in [0.4, 0.5) is 18.0 Å². The number of nitrogens with one attached hydrogen (secondary N) is 1. The third-order valence-electron chi connectivity index (χ3n) is 6.36. The quantitative estimate of drug-likeness (QED) is 0.195. The summed E-state index contributed by atoms with van der Waals surface area (Å²) in [5, 5.41) is 2.64. The number of amides is 2. The van der Waals surface area contributed by atoms with Crippen molar-refractivity contribution < 1.29 is 27.4 Å². The molecule has 12 heteroatoms. The van der Waals surface area contributed by atoms with Gasteiger partial charge in [-0.3, -0.25) is 4.98 Å². The molecule has 2 atom stereocenters. The molecular weight excluding hydrogens is 525 g/mol. The molecule has 3 heterocycles. The van der Waals surface area contributed by atoms with E-state index in [1.54, 1.807) is 38.4 Å². The van der Waals surface area contributed by atoms with E-state index in [1.807, 2.05) is 16.8 Å². The molecule has 0 aliphatic heterocycles. The van der Waals surface area contributed by atoms with Gasteiger partial charge in [0.25, 0.3) is 0 Å². The number of pyridine rings is 1. The van der Waals surface area contributed by atoms with Gasteiger partial charge in [-0.2, -0.15) is 13.2 Å². The molecule has 3 aromatic rings. The number of nitrogens with zero attached hydrogens (tertiary/aromatic N) is 5. The Bertz CT molecular complexity index is 1310. The number of ether oxygens (including phenoxy) is 2. The van der Waals surface area contributed by atoms with Crippen molar-refractivity contribution in [3.63, 3.8) is 0 Å². The topological polar surface area (TPSA) is 93.9 Å². The molecule has 0 fully saturated rings. The van der Waals surface area contributed by atoms with Crippen LogP contribution < -0.4 is 10.1 Å². The van der Waals surface area contributed by atoms with Crippen LogP contribution in [0.2, 0.25) is 0 Å². The van der Waals surface area contributed by atoms with Gasteiger partial charge in [0, 0.05) is 43.2 Å². The third-order valence-corrected chi connectivity index (χ3v) is 6.36. The van der Waals surface area contributed by atoms with E-state index in [0.29, 0.717) is 53.6 Å². The fourth-order valence-electron chi connectivity index (χ4n) is 4.17. The lowest BCUT2D eigenvalue weighted by Gasteiger charge is -2.30. The maximum absolute atomic E-state index is 13.1. The second-order valence-corrected chi connectivity index (χ2v) is 9.08. The standard InChI is InChI=1S/C28H35F3N6O3/c1-6-9-14-40-18-24-26-32-12-13-36(26)17-23(35-24)21-15-22(33-16-25(21)39-5)19(4)37(8-3)27(38)34-20(7-2)10-11-28(29,30)31/h6-7,12-13,15-17,19-20H,1-2,8-11,14,18H2,3-5H3,(H,34,38)/t19-,20?/m1/s1. The predicted molar refractivity (Wildman–Crippen MR) is 146 cm³/mol. The Hall–Kier alpha value is -3.93. The Morgan fingerprint density at radius 1 is 1.30 bits per heavy atom. The summed E-state index contributed by atoms with van der Waals surface area (Å²) in [6, 6.07) is -0.0609. The largest absolute Gasteiger partial charge is 0.494 e. The van der Waals surface area contributed by atoms with Crippen molar-refractivity contribution in [3.8, 4) is 17.0 Å². The van der Waals surface area contributed by atoms with Gasteiger partial charge in [-0.15, -0.1) is 13.2 Å². The van der Waals surface area contributed by atoms with Crippen LogP contribution in [-0.4, -0.2) is 62.8 Å². The van der Waals surface area contributed by atoms with E-state index in [2.05, 4.69) is 28.4 Å². The van der Waals surface area contributed by atoms with Crippen LogP contribution in [0.15, 0.2) is 56.2 Å². The molecule has 216 valence electrons. The summed E-state index contributed by atoms with van der Waals surface area (Å²) < 4.78 is 51.2. The van der Waals surface area contributed by atoms with Crippen LogP contribution in [0, 0.1) is 0 Å². The predicted octanol–water partition coefficient (Wildman–Crippen LogP) is 5.88. The number of fused-ring (bicyclic) bond motifs is 1. The van der Waals surface area contributed by atoms with E-state index < -0.39 is 30.7 Å². The average molecular weight is 561 g/mol. The maximum atomic E-state index is 13.1. The van der Waals surface area contributed by atoms with E-state index in [4.69, 9.17) is 14.5 Å². The van der Waals surface area contributed by atoms with Crippen molar-refractivity contribution in [2.24, 2.45) is 0 Å². The molecule has 3 rings (SSSR count). The van der Waals surface area contributed by atoms with Gasteiger partial charge < -0.3 is 24.1 Å². The first-order valence-electron chi connectivity index (χ1n) is 12.9. The average Bonchev–Trinajstić information content (AvgIpc) is 3.41. The van der Waals surface area contributed by atoms with Gasteiger partial charge in [0.15, 0.2) is 5.65 Å². The number of methoxy groups -OCH3 is 1. The zero-order valence-electron chi connectivity index (χ0n) is 22.9. The summed E-state index contributed by atoms with van der Waals surface area (Å²) >= 11 is 0. The number of carbonyl (C=O) groups excluding carboxylic acids is 1. The number of hydrogen-bond donors (Lipinski definition) is 1. The summed E-state index contributed by atoms with van der Waals surface area (Å²) in [6.45, 7) is 11.9. The minimum absolute atomic E-state index is 0.251. The van der Waals surface area contributed by atoms with Crippen LogP contribution in [-0.2, 0) is 11.3 Å². The highest BCUT2D eigenvalue weighted by atomic mass is 19.4. The minimum Gasteiger partial charge on any atom is -0.494 e. The van der Waals surface area contributed by atoms with Gasteiger partial charge in [0.1, 0.15) is 11.4 Å². The molecule has 0 spiro atoms. The lowest BCUT2D eigenvalue weighted by molar-refractivity contribution is -0.136. The summed E-state index contributed by atoms with van der Waals surface area (Å²) in [4.78, 5) is 28.2. The molecule has 9 nitrogen and oxygen atoms in total. The van der Waals surface area contributed by atoms with E-state index in [9.17, 15) is 18.0 Å². The molecular formula is C28H35F3N6O3. The number of aromatic nitrogens is 4. The van der Waals surface area contributed by atoms with Crippen LogP contribution in [0.5, 0.6) is 5.75 Å². The van der Waals surface area contributed by atoms with Crippen LogP contribution in [0.3, 0.4) is 0 Å². The molecule has 0 aromatic carbocycles. The summed E-state index contributed by atoms with van der Waals surface area (Å²) in [5.41, 5.74) is 3.10. The SMILES string of the molecule is C=CCCOCc1nc(-c2cc([C@@H](C)N(CC)C(=O)NC(C=C)CCC(F)(F)F)ncc2OC)cn2ccnc12. The number of halogens is 3. The molecule has 3 aromatic heterocycles. The number of urea groups is 1. The Morgan fingerprint density at radius 2 is 2.08 bits per heavy atom. The number of rotatable bonds is 14. The van der Waals surface area contributed by atoms with Crippen molar-refractivity contribution in [2.45, 2.75) is 58.0 Å². The van der Waals surface area contributed by atoms with Gasteiger partial charge in [-0.1, -0.05) is 12.2 Å². The van der Waals surface area contributed by atoms with Gasteiger partial charge >= 0.3 is 12.2 Å². The number of alkyl halides is 3. The molecule has 1 N–H and O–H groups in total. The second kappa shape index (κ2) is 13.9. The highest BCUT2D eigenvalue weighted by Gasteiger charge is 2.29. The van der Waals surface area contributed by atoms with E-state index in [-0.39, 0.29) is 13.0 Å². The van der Waals surface area contributed by atoms with Crippen molar-refractivity contribution in [3.05, 3.63) is 67.6 Å². The smallest absolute Gasteiger partial charge is 0.389 e. The molecule has 0 aliphatic carbocycles. The van der Waals surface area contributed by atoms with E-state index in [1.165, 1.54) is 18.1 Å². The molecule has 0 aliphatic rings. The number of carbonyl (C=O) groups is 1. The van der Waals surface area contributed by atoms with Crippen molar-refractivity contribution >= 4 is 11.7 Å². The number of hydrogen-bond acceptors (Lipinski definition) is 6. The summed E-state index contributed by atoms with van der Waals surface area (Å²) in [5.74, 6) is 0.479. The summed E-state index contributed by atoms with van der Waals surface area (Å²) in [7, 11) is 1.53. The molecule has 1 unspecified atom stereocenters. The molecule has 0 saturated carbocycles. The lowest BCUT2D eigenvalue weighted by Crippen LogP contribution is -2.45. The minimum atomic E-state index is -4.32. The zero-order chi connectivity index (χ0) is 29.3. The highest BCUT2D eigenvalue weighted by molar-refractivity contribution is 5.75. The van der Waals surface area contributed by atoms with E-state index in [0.717, 1.165) is 0 Å². The Morgan fingerprint density at radius 3 is 2.73 bits per heavy atom. The van der Waals surface area contributed by atoms with Crippen LogP contribution in [0.25, 0.3) is 16.9 Å². The van der Waals surface area contributed by atoms with Crippen molar-refractivity contribution in [2.75, 3.05) is 20.3 Å². The van der Waals surface area contributed by atoms with E-state index >= 15 is 0 Å². The first-order valence-corrected chi connectivity index (χ1v) is 12.9. The van der Waals surface area contributed by atoms with Crippen LogP contribution in [0.1, 0.15) is 50.5 Å². The maximum Gasteiger partial charge on any atom is 0.389 e. The Labute approximate surface area is 231 Å². The Kier molecular flexibility index (Phi) is 10.7. The molecule has 0 radical (unpaired) electrons. The fraction of sp³-hybridized carbons (Fsp3) is 0.429. The number of imidazole rings is 1. The third kappa shape index (κ3) is 7.81. The fourth-order valence-corrected chi connectivity index (χ4v) is 4.17. The first-order chi connectivity index (χ1) is 19.1. The van der Waals surface area contributed by atoms with Gasteiger partial charge in [-0.25, -0.2) is 14.8 Å². The second-order valence-electron chi connectivity index (χ2n) is 9.08. The Balaban J connectivity index is 1.89. The highest BCUT2D eigenvalue weighted by Crippen LogP contribution is 2.32. The van der Waals surface area contributed by atoms with Gasteiger partial charge in [0.2, 0.25) is 0 Å². The zero-order valence-corrected chi connectivity index (χ0v) is 22.9. The van der Waals surface area contributed by atoms with Crippen molar-refractivity contribution in [1.82, 2.24) is 29.6 Å². The van der Waals surface area contributed by atoms with Crippen molar-refractivity contribution in [1.29, 1.82) is 0 Å². The van der Waals surface area contributed by atoms with Gasteiger partial charge in [0.05, 0.1) is 44.0 Å². The van der Waals surface area contributed by atoms with Gasteiger partial charge in [-0.05, 0) is 32.8 Å².